The molecule has 70 valence electrons. The second-order valence-corrected chi connectivity index (χ2v) is 3.19. The van der Waals surface area contributed by atoms with Gasteiger partial charge in [0, 0.05) is 0 Å². The molecule has 0 spiro atoms. The van der Waals surface area contributed by atoms with Gasteiger partial charge in [0.15, 0.2) is 0 Å². The van der Waals surface area contributed by atoms with Crippen LogP contribution in [-0.4, -0.2) is 5.11 Å². The van der Waals surface area contributed by atoms with Gasteiger partial charge in [-0.25, -0.2) is 0 Å². The Morgan fingerprint density at radius 1 is 1.31 bits per heavy atom. The fourth-order valence-electron chi connectivity index (χ4n) is 1.19. The zero-order chi connectivity index (χ0) is 9.68. The maximum Gasteiger partial charge on any atom is 0.0761 e. The van der Waals surface area contributed by atoms with E-state index >= 15 is 0 Å². The van der Waals surface area contributed by atoms with E-state index in [2.05, 4.69) is 18.2 Å². The van der Waals surface area contributed by atoms with Gasteiger partial charge in [-0.05, 0) is 31.4 Å². The van der Waals surface area contributed by atoms with Crippen molar-refractivity contribution in [2.24, 2.45) is 0 Å². The quantitative estimate of drug-likeness (QED) is 0.702. The first-order chi connectivity index (χ1) is 6.24. The fourth-order valence-corrected chi connectivity index (χ4v) is 1.19. The highest BCUT2D eigenvalue weighted by Crippen LogP contribution is 2.12. The predicted octanol–water partition coefficient (Wildman–Crippen LogP) is 2.86. The van der Waals surface area contributed by atoms with Crippen molar-refractivity contribution in [3.63, 3.8) is 0 Å². The smallest absolute Gasteiger partial charge is 0.0761 e. The second-order valence-electron chi connectivity index (χ2n) is 3.19. The van der Waals surface area contributed by atoms with Crippen molar-refractivity contribution in [2.45, 2.75) is 26.4 Å². The summed E-state index contributed by atoms with van der Waals surface area (Å²) in [4.78, 5) is 0. The normalized spacial score (nSPS) is 13.5. The van der Waals surface area contributed by atoms with Gasteiger partial charge in [-0.2, -0.15) is 0 Å². The fraction of sp³-hybridized carbons (Fsp3) is 0.333. The van der Waals surface area contributed by atoms with Crippen molar-refractivity contribution in [3.05, 3.63) is 47.5 Å². The van der Waals surface area contributed by atoms with Crippen LogP contribution in [0.15, 0.2) is 36.4 Å². The van der Waals surface area contributed by atoms with E-state index in [4.69, 9.17) is 0 Å². The number of aliphatic hydroxyl groups is 1. The molecule has 1 N–H and O–H groups in total. The summed E-state index contributed by atoms with van der Waals surface area (Å²) >= 11 is 0. The van der Waals surface area contributed by atoms with Crippen LogP contribution in [0.2, 0.25) is 0 Å². The molecular formula is C12H16O. The Hall–Kier alpha value is -1.08. The van der Waals surface area contributed by atoms with Crippen molar-refractivity contribution in [1.29, 1.82) is 0 Å². The summed E-state index contributed by atoms with van der Waals surface area (Å²) < 4.78 is 0. The van der Waals surface area contributed by atoms with Gasteiger partial charge >= 0.3 is 0 Å². The third-order valence-corrected chi connectivity index (χ3v) is 2.05. The SMILES string of the molecule is C/C=C/Cc1ccc(C(C)O)cc1. The summed E-state index contributed by atoms with van der Waals surface area (Å²) in [5.74, 6) is 0. The first-order valence-corrected chi connectivity index (χ1v) is 4.62. The first kappa shape index (κ1) is 10.0. The van der Waals surface area contributed by atoms with E-state index in [0.29, 0.717) is 0 Å². The summed E-state index contributed by atoms with van der Waals surface area (Å²) in [6, 6.07) is 8.07. The number of benzene rings is 1. The molecule has 0 radical (unpaired) electrons. The molecule has 0 saturated carbocycles. The third-order valence-electron chi connectivity index (χ3n) is 2.05. The lowest BCUT2D eigenvalue weighted by atomic mass is 10.1. The van der Waals surface area contributed by atoms with Crippen LogP contribution in [0.1, 0.15) is 31.1 Å². The second kappa shape index (κ2) is 4.83. The van der Waals surface area contributed by atoms with Crippen LogP contribution < -0.4 is 0 Å². The van der Waals surface area contributed by atoms with Gasteiger partial charge in [-0.1, -0.05) is 36.4 Å². The predicted molar refractivity (Wildman–Crippen MR) is 55.6 cm³/mol. The molecule has 1 unspecified atom stereocenters. The monoisotopic (exact) mass is 176 g/mol. The van der Waals surface area contributed by atoms with Crippen molar-refractivity contribution >= 4 is 0 Å². The molecule has 13 heavy (non-hydrogen) atoms. The van der Waals surface area contributed by atoms with Gasteiger partial charge in [0.2, 0.25) is 0 Å². The minimum Gasteiger partial charge on any atom is -0.389 e. The number of allylic oxidation sites excluding steroid dienone is 2. The molecule has 0 amide bonds. The van der Waals surface area contributed by atoms with E-state index in [1.165, 1.54) is 5.56 Å². The van der Waals surface area contributed by atoms with E-state index in [1.54, 1.807) is 6.92 Å². The van der Waals surface area contributed by atoms with E-state index < -0.39 is 0 Å². The average molecular weight is 176 g/mol. The van der Waals surface area contributed by atoms with E-state index in [1.807, 2.05) is 25.1 Å². The zero-order valence-electron chi connectivity index (χ0n) is 8.20. The number of hydrogen-bond acceptors (Lipinski definition) is 1. The molecule has 1 heteroatoms. The van der Waals surface area contributed by atoms with Crippen LogP contribution in [0.3, 0.4) is 0 Å². The molecule has 0 saturated heterocycles. The van der Waals surface area contributed by atoms with Crippen molar-refractivity contribution in [3.8, 4) is 0 Å². The van der Waals surface area contributed by atoms with Gasteiger partial charge in [0.25, 0.3) is 0 Å². The Morgan fingerprint density at radius 3 is 2.38 bits per heavy atom. The highest BCUT2D eigenvalue weighted by Gasteiger charge is 1.98. The Balaban J connectivity index is 2.69. The van der Waals surface area contributed by atoms with Crippen molar-refractivity contribution < 1.29 is 5.11 Å². The minimum atomic E-state index is -0.365. The maximum absolute atomic E-state index is 9.28. The van der Waals surface area contributed by atoms with Crippen LogP contribution in [0.4, 0.5) is 0 Å². The molecule has 0 aliphatic rings. The number of aliphatic hydroxyl groups excluding tert-OH is 1. The molecule has 1 rings (SSSR count). The Labute approximate surface area is 79.7 Å². The van der Waals surface area contributed by atoms with Gasteiger partial charge in [-0.3, -0.25) is 0 Å². The molecule has 1 aromatic rings. The first-order valence-electron chi connectivity index (χ1n) is 4.62. The standard InChI is InChI=1S/C12H16O/c1-3-4-5-11-6-8-12(9-7-11)10(2)13/h3-4,6-10,13H,5H2,1-2H3/b4-3+. The van der Waals surface area contributed by atoms with Crippen LogP contribution in [0.5, 0.6) is 0 Å². The molecule has 1 nitrogen and oxygen atoms in total. The van der Waals surface area contributed by atoms with Gasteiger partial charge in [0.1, 0.15) is 0 Å². The van der Waals surface area contributed by atoms with E-state index in [9.17, 15) is 5.11 Å². The maximum atomic E-state index is 9.28. The molecule has 0 fully saturated rings. The summed E-state index contributed by atoms with van der Waals surface area (Å²) in [7, 11) is 0. The average Bonchev–Trinajstić information content (AvgIpc) is 2.15. The Kier molecular flexibility index (Phi) is 3.71. The lowest BCUT2D eigenvalue weighted by Crippen LogP contribution is -1.90. The zero-order valence-corrected chi connectivity index (χ0v) is 8.20. The van der Waals surface area contributed by atoms with Gasteiger partial charge < -0.3 is 5.11 Å². The topological polar surface area (TPSA) is 20.2 Å². The molecule has 0 aromatic heterocycles. The molecule has 0 aliphatic carbocycles. The number of hydrogen-bond donors (Lipinski definition) is 1. The Morgan fingerprint density at radius 2 is 1.92 bits per heavy atom. The molecule has 0 bridgehead atoms. The van der Waals surface area contributed by atoms with Crippen LogP contribution in [-0.2, 0) is 6.42 Å². The molecule has 1 aromatic carbocycles. The molecule has 0 aliphatic heterocycles. The minimum absolute atomic E-state index is 0.365. The van der Waals surface area contributed by atoms with E-state index in [-0.39, 0.29) is 6.10 Å². The highest BCUT2D eigenvalue weighted by molar-refractivity contribution is 5.25. The van der Waals surface area contributed by atoms with E-state index in [0.717, 1.165) is 12.0 Å². The van der Waals surface area contributed by atoms with Crippen LogP contribution in [0, 0.1) is 0 Å². The third kappa shape index (κ3) is 3.03. The summed E-state index contributed by atoms with van der Waals surface area (Å²) in [5, 5.41) is 9.28. The number of rotatable bonds is 3. The van der Waals surface area contributed by atoms with Crippen molar-refractivity contribution in [1.82, 2.24) is 0 Å². The Bertz CT molecular complexity index is 270. The molecular weight excluding hydrogens is 160 g/mol. The molecule has 1 atom stereocenters. The highest BCUT2D eigenvalue weighted by atomic mass is 16.3. The largest absolute Gasteiger partial charge is 0.389 e. The van der Waals surface area contributed by atoms with Gasteiger partial charge in [0.05, 0.1) is 6.10 Å². The van der Waals surface area contributed by atoms with Crippen LogP contribution in [0.25, 0.3) is 0 Å². The summed E-state index contributed by atoms with van der Waals surface area (Å²) in [6.45, 7) is 3.80. The summed E-state index contributed by atoms with van der Waals surface area (Å²) in [5.41, 5.74) is 2.26. The lowest BCUT2D eigenvalue weighted by Gasteiger charge is -2.04. The van der Waals surface area contributed by atoms with Crippen LogP contribution >= 0.6 is 0 Å². The molecule has 0 heterocycles. The summed E-state index contributed by atoms with van der Waals surface area (Å²) in [6.07, 6.45) is 4.77. The lowest BCUT2D eigenvalue weighted by molar-refractivity contribution is 0.199. The van der Waals surface area contributed by atoms with Crippen molar-refractivity contribution in [2.75, 3.05) is 0 Å². The van der Waals surface area contributed by atoms with Gasteiger partial charge in [-0.15, -0.1) is 0 Å².